The molecule has 96 valence electrons. The molecule has 1 aromatic heterocycles. The van der Waals surface area contributed by atoms with Gasteiger partial charge in [-0.15, -0.1) is 0 Å². The molecule has 0 saturated heterocycles. The van der Waals surface area contributed by atoms with Crippen molar-refractivity contribution in [2.24, 2.45) is 0 Å². The fourth-order valence-electron chi connectivity index (χ4n) is 1.88. The summed E-state index contributed by atoms with van der Waals surface area (Å²) in [6, 6.07) is 0.620. The molecule has 0 aromatic carbocycles. The first-order valence-electron chi connectivity index (χ1n) is 6.43. The molecular formula is C12H22N4O. The van der Waals surface area contributed by atoms with Crippen LogP contribution in [0.2, 0.25) is 0 Å². The van der Waals surface area contributed by atoms with E-state index in [2.05, 4.69) is 22.3 Å². The van der Waals surface area contributed by atoms with Crippen molar-refractivity contribution in [3.05, 3.63) is 12.2 Å². The quantitative estimate of drug-likeness (QED) is 0.735. The van der Waals surface area contributed by atoms with E-state index >= 15 is 0 Å². The summed E-state index contributed by atoms with van der Waals surface area (Å²) in [7, 11) is 0. The summed E-state index contributed by atoms with van der Waals surface area (Å²) in [4.78, 5) is 4.23. The number of hydrogen-bond acceptors (Lipinski definition) is 4. The van der Waals surface area contributed by atoms with Gasteiger partial charge in [-0.1, -0.05) is 6.92 Å². The summed E-state index contributed by atoms with van der Waals surface area (Å²) in [5.41, 5.74) is -0.749. The molecule has 5 nitrogen and oxygen atoms in total. The second-order valence-electron chi connectivity index (χ2n) is 5.23. The van der Waals surface area contributed by atoms with Gasteiger partial charge in [-0.2, -0.15) is 5.10 Å². The van der Waals surface area contributed by atoms with E-state index in [1.807, 2.05) is 11.6 Å². The summed E-state index contributed by atoms with van der Waals surface area (Å²) in [5.74, 6) is 0.870. The third-order valence-electron chi connectivity index (χ3n) is 3.02. The Bertz CT molecular complexity index is 357. The van der Waals surface area contributed by atoms with E-state index < -0.39 is 5.60 Å². The minimum absolute atomic E-state index is 0.548. The first kappa shape index (κ1) is 12.5. The molecule has 0 amide bonds. The Morgan fingerprint density at radius 1 is 1.59 bits per heavy atom. The van der Waals surface area contributed by atoms with E-state index in [1.165, 1.54) is 12.8 Å². The second kappa shape index (κ2) is 5.14. The Labute approximate surface area is 102 Å². The molecule has 1 saturated carbocycles. The van der Waals surface area contributed by atoms with Gasteiger partial charge in [0.15, 0.2) is 0 Å². The predicted molar refractivity (Wildman–Crippen MR) is 65.7 cm³/mol. The minimum Gasteiger partial charge on any atom is -0.388 e. The van der Waals surface area contributed by atoms with E-state index in [1.54, 1.807) is 6.33 Å². The SMILES string of the molecule is CCCn1ncnc1CC(C)(O)CNC1CC1. The summed E-state index contributed by atoms with van der Waals surface area (Å²) in [5, 5.41) is 17.8. The molecule has 0 aliphatic heterocycles. The molecule has 0 radical (unpaired) electrons. The Hall–Kier alpha value is -0.940. The number of hydrogen-bond donors (Lipinski definition) is 2. The Balaban J connectivity index is 1.90. The molecule has 1 unspecified atom stereocenters. The van der Waals surface area contributed by atoms with E-state index in [4.69, 9.17) is 0 Å². The van der Waals surface area contributed by atoms with E-state index in [0.717, 1.165) is 18.8 Å². The summed E-state index contributed by atoms with van der Waals surface area (Å²) >= 11 is 0. The van der Waals surface area contributed by atoms with Gasteiger partial charge < -0.3 is 10.4 Å². The highest BCUT2D eigenvalue weighted by Crippen LogP contribution is 2.20. The first-order chi connectivity index (χ1) is 8.11. The van der Waals surface area contributed by atoms with Gasteiger partial charge in [0.1, 0.15) is 12.2 Å². The maximum Gasteiger partial charge on any atom is 0.138 e. The zero-order chi connectivity index (χ0) is 12.3. The van der Waals surface area contributed by atoms with Crippen LogP contribution in [0.5, 0.6) is 0 Å². The van der Waals surface area contributed by atoms with Crippen LogP contribution in [-0.4, -0.2) is 38.1 Å². The number of aliphatic hydroxyl groups is 1. The van der Waals surface area contributed by atoms with Crippen LogP contribution in [-0.2, 0) is 13.0 Å². The maximum absolute atomic E-state index is 10.3. The van der Waals surface area contributed by atoms with Gasteiger partial charge in [-0.25, -0.2) is 4.98 Å². The van der Waals surface area contributed by atoms with Gasteiger partial charge in [-0.05, 0) is 26.2 Å². The molecule has 1 heterocycles. The molecule has 2 N–H and O–H groups in total. The highest BCUT2D eigenvalue weighted by atomic mass is 16.3. The van der Waals surface area contributed by atoms with Crippen molar-refractivity contribution in [2.45, 2.75) is 57.7 Å². The monoisotopic (exact) mass is 238 g/mol. The van der Waals surface area contributed by atoms with Crippen LogP contribution in [0.3, 0.4) is 0 Å². The third kappa shape index (κ3) is 3.78. The average molecular weight is 238 g/mol. The number of nitrogens with zero attached hydrogens (tertiary/aromatic N) is 3. The van der Waals surface area contributed by atoms with Crippen molar-refractivity contribution < 1.29 is 5.11 Å². The summed E-state index contributed by atoms with van der Waals surface area (Å²) in [6.45, 7) is 5.45. The maximum atomic E-state index is 10.3. The van der Waals surface area contributed by atoms with Crippen molar-refractivity contribution >= 4 is 0 Å². The first-order valence-corrected chi connectivity index (χ1v) is 6.43. The number of aryl methyl sites for hydroxylation is 1. The van der Waals surface area contributed by atoms with Crippen LogP contribution in [0.1, 0.15) is 38.9 Å². The van der Waals surface area contributed by atoms with Gasteiger partial charge in [0, 0.05) is 25.6 Å². The third-order valence-corrected chi connectivity index (χ3v) is 3.02. The molecule has 0 bridgehead atoms. The minimum atomic E-state index is -0.749. The van der Waals surface area contributed by atoms with Gasteiger partial charge >= 0.3 is 0 Å². The lowest BCUT2D eigenvalue weighted by Gasteiger charge is -2.23. The molecule has 1 aliphatic carbocycles. The molecule has 0 spiro atoms. The number of aromatic nitrogens is 3. The van der Waals surface area contributed by atoms with Crippen LogP contribution in [0.15, 0.2) is 6.33 Å². The van der Waals surface area contributed by atoms with E-state index in [-0.39, 0.29) is 0 Å². The summed E-state index contributed by atoms with van der Waals surface area (Å²) in [6.07, 6.45) is 5.62. The highest BCUT2D eigenvalue weighted by Gasteiger charge is 2.28. The molecule has 1 aliphatic rings. The van der Waals surface area contributed by atoms with Crippen LogP contribution >= 0.6 is 0 Å². The predicted octanol–water partition coefficient (Wildman–Crippen LogP) is 0.734. The lowest BCUT2D eigenvalue weighted by atomic mass is 10.0. The largest absolute Gasteiger partial charge is 0.388 e. The Kier molecular flexibility index (Phi) is 3.79. The van der Waals surface area contributed by atoms with E-state index in [0.29, 0.717) is 19.0 Å². The van der Waals surface area contributed by atoms with Crippen molar-refractivity contribution in [1.82, 2.24) is 20.1 Å². The van der Waals surface area contributed by atoms with Gasteiger partial charge in [0.05, 0.1) is 5.60 Å². The smallest absolute Gasteiger partial charge is 0.138 e. The Morgan fingerprint density at radius 3 is 3.00 bits per heavy atom. The van der Waals surface area contributed by atoms with Crippen molar-refractivity contribution in [3.63, 3.8) is 0 Å². The molecular weight excluding hydrogens is 216 g/mol. The van der Waals surface area contributed by atoms with Gasteiger partial charge in [0.25, 0.3) is 0 Å². The fraction of sp³-hybridized carbons (Fsp3) is 0.833. The number of rotatable bonds is 7. The zero-order valence-electron chi connectivity index (χ0n) is 10.7. The van der Waals surface area contributed by atoms with Crippen molar-refractivity contribution in [1.29, 1.82) is 0 Å². The molecule has 1 atom stereocenters. The molecule has 5 heteroatoms. The van der Waals surface area contributed by atoms with Crippen LogP contribution < -0.4 is 5.32 Å². The Morgan fingerprint density at radius 2 is 2.35 bits per heavy atom. The lowest BCUT2D eigenvalue weighted by Crippen LogP contribution is -2.41. The van der Waals surface area contributed by atoms with Crippen LogP contribution in [0.25, 0.3) is 0 Å². The van der Waals surface area contributed by atoms with Gasteiger partial charge in [0.2, 0.25) is 0 Å². The molecule has 2 rings (SSSR count). The van der Waals surface area contributed by atoms with Crippen LogP contribution in [0, 0.1) is 0 Å². The highest BCUT2D eigenvalue weighted by molar-refractivity contribution is 4.95. The normalized spacial score (nSPS) is 19.2. The average Bonchev–Trinajstić information content (AvgIpc) is 3.01. The summed E-state index contributed by atoms with van der Waals surface area (Å²) < 4.78 is 1.88. The topological polar surface area (TPSA) is 63.0 Å². The molecule has 17 heavy (non-hydrogen) atoms. The van der Waals surface area contributed by atoms with Crippen molar-refractivity contribution in [3.8, 4) is 0 Å². The second-order valence-corrected chi connectivity index (χ2v) is 5.23. The van der Waals surface area contributed by atoms with Crippen molar-refractivity contribution in [2.75, 3.05) is 6.54 Å². The molecule has 1 fully saturated rings. The standard InChI is InChI=1S/C12H22N4O/c1-3-6-16-11(14-9-15-16)7-12(2,17)8-13-10-4-5-10/h9-10,13,17H,3-8H2,1-2H3. The lowest BCUT2D eigenvalue weighted by molar-refractivity contribution is 0.0565. The molecule has 1 aromatic rings. The zero-order valence-corrected chi connectivity index (χ0v) is 10.7. The van der Waals surface area contributed by atoms with Gasteiger partial charge in [-0.3, -0.25) is 4.68 Å². The van der Waals surface area contributed by atoms with Crippen LogP contribution in [0.4, 0.5) is 0 Å². The van der Waals surface area contributed by atoms with E-state index in [9.17, 15) is 5.11 Å². The fourth-order valence-corrected chi connectivity index (χ4v) is 1.88. The number of nitrogens with one attached hydrogen (secondary N) is 1.